The van der Waals surface area contributed by atoms with Crippen LogP contribution in [0.25, 0.3) is 11.1 Å². The third kappa shape index (κ3) is 7.22. The predicted octanol–water partition coefficient (Wildman–Crippen LogP) is 4.61. The van der Waals surface area contributed by atoms with Crippen LogP contribution in [0.2, 0.25) is 0 Å². The molecule has 3 aromatic rings. The van der Waals surface area contributed by atoms with Crippen molar-refractivity contribution in [2.24, 2.45) is 5.92 Å². The number of amides is 2. The summed E-state index contributed by atoms with van der Waals surface area (Å²) in [4.78, 5) is 39.7. The van der Waals surface area contributed by atoms with Crippen molar-refractivity contribution in [2.75, 3.05) is 46.6 Å². The smallest absolute Gasteiger partial charge is 0.242 e. The minimum Gasteiger partial charge on any atom is -0.493 e. The van der Waals surface area contributed by atoms with Gasteiger partial charge in [0, 0.05) is 18.6 Å². The molecule has 256 valence electrons. The van der Waals surface area contributed by atoms with Gasteiger partial charge in [-0.05, 0) is 65.8 Å². The summed E-state index contributed by atoms with van der Waals surface area (Å²) in [5.74, 6) is 2.70. The Bertz CT molecular complexity index is 1730. The maximum Gasteiger partial charge on any atom is 0.242 e. The van der Waals surface area contributed by atoms with Gasteiger partial charge < -0.3 is 44.4 Å². The summed E-state index contributed by atoms with van der Waals surface area (Å²) >= 11 is 0. The zero-order valence-electron chi connectivity index (χ0n) is 28.2. The van der Waals surface area contributed by atoms with Crippen LogP contribution in [-0.2, 0) is 16.0 Å². The number of carbonyl (C=O) groups excluding carboxylic acids is 2. The molecule has 1 aliphatic heterocycles. The predicted molar refractivity (Wildman–Crippen MR) is 181 cm³/mol. The van der Waals surface area contributed by atoms with Gasteiger partial charge in [0.25, 0.3) is 0 Å². The number of hydrogen-bond acceptors (Lipinski definition) is 10. The average molecular weight is 662 g/mol. The summed E-state index contributed by atoms with van der Waals surface area (Å²) in [5, 5.41) is 9.19. The lowest BCUT2D eigenvalue weighted by atomic mass is 9.95. The largest absolute Gasteiger partial charge is 0.493 e. The van der Waals surface area contributed by atoms with E-state index >= 15 is 0 Å². The molecule has 1 aliphatic carbocycles. The summed E-state index contributed by atoms with van der Waals surface area (Å²) in [5.41, 5.74) is 2.95. The molecule has 3 atom stereocenters. The maximum atomic E-state index is 13.9. The third-order valence-electron chi connectivity index (χ3n) is 8.74. The molecule has 2 aliphatic rings. The van der Waals surface area contributed by atoms with E-state index < -0.39 is 12.1 Å². The van der Waals surface area contributed by atoms with Gasteiger partial charge in [0.2, 0.25) is 29.8 Å². The first-order valence-corrected chi connectivity index (χ1v) is 16.0. The number of methoxy groups -OCH3 is 3. The van der Waals surface area contributed by atoms with Gasteiger partial charge in [-0.1, -0.05) is 26.3 Å². The molecule has 3 unspecified atom stereocenters. The Balaban J connectivity index is 1.44. The fraction of sp³-hybridized carbons (Fsp3) is 0.417. The molecular weight excluding hydrogens is 618 g/mol. The molecule has 0 saturated heterocycles. The quantitative estimate of drug-likeness (QED) is 0.222. The van der Waals surface area contributed by atoms with Crippen LogP contribution in [0.3, 0.4) is 0 Å². The number of anilines is 1. The van der Waals surface area contributed by atoms with Crippen molar-refractivity contribution in [3.05, 3.63) is 63.8 Å². The third-order valence-corrected chi connectivity index (χ3v) is 8.74. The first-order valence-electron chi connectivity index (χ1n) is 16.0. The van der Waals surface area contributed by atoms with Gasteiger partial charge >= 0.3 is 0 Å². The van der Waals surface area contributed by atoms with E-state index in [0.29, 0.717) is 64.9 Å². The monoisotopic (exact) mass is 661 g/mol. The first kappa shape index (κ1) is 34.2. The summed E-state index contributed by atoms with van der Waals surface area (Å²) in [6.07, 6.45) is 1.82. The Morgan fingerprint density at radius 2 is 1.75 bits per heavy atom. The highest BCUT2D eigenvalue weighted by Gasteiger charge is 2.30. The Labute approximate surface area is 280 Å². The number of rotatable bonds is 13. The molecule has 3 aromatic carbocycles. The second-order valence-electron chi connectivity index (χ2n) is 11.8. The summed E-state index contributed by atoms with van der Waals surface area (Å²) in [6, 6.07) is 11.1. The van der Waals surface area contributed by atoms with Crippen molar-refractivity contribution in [2.45, 2.75) is 52.1 Å². The van der Waals surface area contributed by atoms with Crippen LogP contribution < -0.4 is 49.8 Å². The van der Waals surface area contributed by atoms with Crippen LogP contribution >= 0.6 is 0 Å². The molecule has 0 saturated carbocycles. The zero-order valence-corrected chi connectivity index (χ0v) is 28.2. The van der Waals surface area contributed by atoms with Crippen LogP contribution in [0.5, 0.6) is 34.5 Å². The van der Waals surface area contributed by atoms with E-state index in [9.17, 15) is 14.4 Å². The Kier molecular flexibility index (Phi) is 10.8. The van der Waals surface area contributed by atoms with E-state index in [4.69, 9.17) is 28.4 Å². The van der Waals surface area contributed by atoms with Crippen molar-refractivity contribution in [1.82, 2.24) is 10.6 Å². The Morgan fingerprint density at radius 3 is 2.46 bits per heavy atom. The molecule has 2 amide bonds. The number of carbonyl (C=O) groups is 2. The maximum absolute atomic E-state index is 13.9. The van der Waals surface area contributed by atoms with E-state index in [2.05, 4.69) is 16.0 Å². The molecule has 0 fully saturated rings. The lowest BCUT2D eigenvalue weighted by Gasteiger charge is -2.24. The number of hydrogen-bond donors (Lipinski definition) is 3. The van der Waals surface area contributed by atoms with E-state index in [0.717, 1.165) is 11.1 Å². The lowest BCUT2D eigenvalue weighted by Crippen LogP contribution is -2.45. The summed E-state index contributed by atoms with van der Waals surface area (Å²) in [6.45, 7) is 6.06. The van der Waals surface area contributed by atoms with Gasteiger partial charge in [0.15, 0.2) is 23.0 Å². The molecular formula is C36H43N3O9. The number of ether oxygens (including phenoxy) is 6. The standard InChI is InChI=1S/C36H43N3O9/c1-7-20(2)33(36(42)37-14-15-46-23-9-13-29-30(17-23)48-19-47-29)39-27-12-10-24-25(18-28(27)41)26(38-21(3)40)11-8-22-16-31(43-4)34(44-5)35(45-6)32(22)24/h9-10,12-13,16-18,20,26,33H,7-8,11,14-15,19H2,1-6H3,(H,37,42)(H,38,40)(H,39,41). The number of benzene rings is 2. The summed E-state index contributed by atoms with van der Waals surface area (Å²) in [7, 11) is 4.65. The normalized spacial score (nSPS) is 15.5. The molecule has 12 nitrogen and oxygen atoms in total. The number of aryl methyl sites for hydroxylation is 1. The highest BCUT2D eigenvalue weighted by Crippen LogP contribution is 2.50. The van der Waals surface area contributed by atoms with Crippen molar-refractivity contribution >= 4 is 17.5 Å². The lowest BCUT2D eigenvalue weighted by molar-refractivity contribution is -0.123. The molecule has 0 radical (unpaired) electrons. The van der Waals surface area contributed by atoms with Gasteiger partial charge in [0.1, 0.15) is 18.4 Å². The number of nitrogens with one attached hydrogen (secondary N) is 3. The molecule has 1 heterocycles. The Hall–Kier alpha value is -5.13. The fourth-order valence-electron chi connectivity index (χ4n) is 6.12. The van der Waals surface area contributed by atoms with Crippen molar-refractivity contribution < 1.29 is 38.0 Å². The van der Waals surface area contributed by atoms with Crippen LogP contribution in [0.4, 0.5) is 5.69 Å². The van der Waals surface area contributed by atoms with Crippen LogP contribution in [0, 0.1) is 5.92 Å². The van der Waals surface area contributed by atoms with Crippen molar-refractivity contribution in [3.8, 4) is 45.6 Å². The average Bonchev–Trinajstić information content (AvgIpc) is 3.43. The molecule has 0 aromatic heterocycles. The van der Waals surface area contributed by atoms with Gasteiger partial charge in [-0.25, -0.2) is 0 Å². The summed E-state index contributed by atoms with van der Waals surface area (Å²) < 4.78 is 33.7. The van der Waals surface area contributed by atoms with Gasteiger partial charge in [-0.2, -0.15) is 0 Å². The van der Waals surface area contributed by atoms with Crippen LogP contribution in [0.1, 0.15) is 50.8 Å². The highest BCUT2D eigenvalue weighted by molar-refractivity contribution is 5.86. The van der Waals surface area contributed by atoms with Crippen molar-refractivity contribution in [3.63, 3.8) is 0 Å². The Morgan fingerprint density at radius 1 is 0.979 bits per heavy atom. The van der Waals surface area contributed by atoms with Gasteiger partial charge in [-0.3, -0.25) is 14.4 Å². The van der Waals surface area contributed by atoms with E-state index in [1.165, 1.54) is 20.1 Å². The van der Waals surface area contributed by atoms with E-state index in [1.54, 1.807) is 38.5 Å². The van der Waals surface area contributed by atoms with Crippen LogP contribution in [0.15, 0.2) is 47.3 Å². The molecule has 12 heteroatoms. The first-order chi connectivity index (χ1) is 23.2. The van der Waals surface area contributed by atoms with E-state index in [-0.39, 0.29) is 48.8 Å². The van der Waals surface area contributed by atoms with Gasteiger partial charge in [-0.15, -0.1) is 0 Å². The molecule has 3 N–H and O–H groups in total. The fourth-order valence-corrected chi connectivity index (χ4v) is 6.12. The minimum absolute atomic E-state index is 0.104. The van der Waals surface area contributed by atoms with Gasteiger partial charge in [0.05, 0.1) is 39.6 Å². The topological polar surface area (TPSA) is 143 Å². The second-order valence-corrected chi connectivity index (χ2v) is 11.8. The van der Waals surface area contributed by atoms with E-state index in [1.807, 2.05) is 26.0 Å². The minimum atomic E-state index is -0.701. The number of fused-ring (bicyclic) bond motifs is 4. The molecule has 5 rings (SSSR count). The SMILES string of the molecule is CCC(C)C(Nc1ccc2c(cc1=O)C(NC(C)=O)CCc1cc(OC)c(OC)c(OC)c1-2)C(=O)NCCOc1ccc2c(c1)OCO2. The second kappa shape index (κ2) is 15.2. The van der Waals surface area contributed by atoms with Crippen LogP contribution in [-0.4, -0.2) is 59.1 Å². The molecule has 48 heavy (non-hydrogen) atoms. The van der Waals surface area contributed by atoms with Crippen molar-refractivity contribution in [1.29, 1.82) is 0 Å². The zero-order chi connectivity index (χ0) is 34.4. The highest BCUT2D eigenvalue weighted by atomic mass is 16.7. The molecule has 0 bridgehead atoms. The molecule has 0 spiro atoms.